The number of hydrogen-bond donors (Lipinski definition) is 2. The summed E-state index contributed by atoms with van der Waals surface area (Å²) < 4.78 is 15.0. The Hall–Kier alpha value is -2.21. The summed E-state index contributed by atoms with van der Waals surface area (Å²) in [6, 6.07) is 4.80. The van der Waals surface area contributed by atoms with Crippen molar-refractivity contribution in [3.63, 3.8) is 0 Å². The van der Waals surface area contributed by atoms with Crippen LogP contribution in [0.2, 0.25) is 0 Å². The van der Waals surface area contributed by atoms with Crippen LogP contribution in [-0.4, -0.2) is 37.5 Å². The van der Waals surface area contributed by atoms with E-state index >= 15 is 0 Å². The molecule has 0 bridgehead atoms. The van der Waals surface area contributed by atoms with Crippen LogP contribution < -0.4 is 15.2 Å². The summed E-state index contributed by atoms with van der Waals surface area (Å²) in [5.74, 6) is 0.0354. The van der Waals surface area contributed by atoms with Crippen LogP contribution in [0.15, 0.2) is 30.9 Å². The first kappa shape index (κ1) is 14.8. The highest BCUT2D eigenvalue weighted by atomic mass is 16.6. The Kier molecular flexibility index (Phi) is 5.69. The van der Waals surface area contributed by atoms with E-state index in [1.807, 2.05) is 0 Å². The van der Waals surface area contributed by atoms with Gasteiger partial charge in [0.15, 0.2) is 17.6 Å². The molecule has 1 unspecified atom stereocenters. The summed E-state index contributed by atoms with van der Waals surface area (Å²) >= 11 is 0. The van der Waals surface area contributed by atoms with Crippen molar-refractivity contribution in [2.24, 2.45) is 0 Å². The molecule has 0 aliphatic carbocycles. The van der Waals surface area contributed by atoms with Gasteiger partial charge in [-0.15, -0.1) is 0 Å². The number of carbonyl (C=O) groups is 1. The molecule has 0 saturated heterocycles. The number of ether oxygens (including phenoxy) is 3. The van der Waals surface area contributed by atoms with Crippen LogP contribution >= 0.6 is 0 Å². The van der Waals surface area contributed by atoms with Gasteiger partial charge in [0.1, 0.15) is 13.2 Å². The van der Waals surface area contributed by atoms with Gasteiger partial charge in [-0.3, -0.25) is 0 Å². The number of nitrogen functional groups attached to an aromatic ring is 1. The lowest BCUT2D eigenvalue weighted by Crippen LogP contribution is -2.29. The first-order valence-electron chi connectivity index (χ1n) is 5.60. The summed E-state index contributed by atoms with van der Waals surface area (Å²) in [4.78, 5) is 11.3. The van der Waals surface area contributed by atoms with E-state index in [1.165, 1.54) is 13.2 Å². The van der Waals surface area contributed by atoms with Gasteiger partial charge in [-0.25, -0.2) is 4.79 Å². The predicted molar refractivity (Wildman–Crippen MR) is 70.1 cm³/mol. The van der Waals surface area contributed by atoms with Crippen molar-refractivity contribution in [1.82, 2.24) is 0 Å². The normalized spacial score (nSPS) is 11.5. The van der Waals surface area contributed by atoms with Crippen molar-refractivity contribution >= 4 is 11.7 Å². The molecule has 0 fully saturated rings. The molecule has 19 heavy (non-hydrogen) atoms. The number of rotatable bonds is 7. The maximum atomic E-state index is 11.3. The topological polar surface area (TPSA) is 91.0 Å². The summed E-state index contributed by atoms with van der Waals surface area (Å²) in [6.45, 7) is 3.20. The Morgan fingerprint density at radius 1 is 1.53 bits per heavy atom. The zero-order chi connectivity index (χ0) is 14.3. The van der Waals surface area contributed by atoms with Gasteiger partial charge in [0.05, 0.1) is 7.11 Å². The maximum Gasteiger partial charge on any atom is 0.338 e. The molecule has 1 atom stereocenters. The Labute approximate surface area is 111 Å². The number of carbonyl (C=O) groups excluding carboxylic acids is 1. The van der Waals surface area contributed by atoms with Crippen molar-refractivity contribution in [2.45, 2.75) is 6.10 Å². The van der Waals surface area contributed by atoms with E-state index in [2.05, 4.69) is 11.3 Å². The van der Waals surface area contributed by atoms with Crippen molar-refractivity contribution in [3.05, 3.63) is 30.9 Å². The van der Waals surface area contributed by atoms with Crippen LogP contribution in [0, 0.1) is 0 Å². The van der Waals surface area contributed by atoms with Crippen molar-refractivity contribution < 1.29 is 24.1 Å². The third-order valence-electron chi connectivity index (χ3n) is 2.20. The minimum absolute atomic E-state index is 0.0427. The third-order valence-corrected chi connectivity index (χ3v) is 2.20. The second kappa shape index (κ2) is 7.27. The number of hydrogen-bond acceptors (Lipinski definition) is 6. The van der Waals surface area contributed by atoms with Gasteiger partial charge in [0, 0.05) is 11.8 Å². The minimum Gasteiger partial charge on any atom is -0.493 e. The lowest BCUT2D eigenvalue weighted by molar-refractivity contribution is -0.153. The molecule has 0 amide bonds. The number of aliphatic hydroxyl groups is 1. The largest absolute Gasteiger partial charge is 0.493 e. The monoisotopic (exact) mass is 267 g/mol. The number of nitrogens with two attached hydrogens (primary N) is 1. The molecule has 1 aromatic rings. The fourth-order valence-electron chi connectivity index (χ4n) is 1.28. The maximum absolute atomic E-state index is 11.3. The van der Waals surface area contributed by atoms with E-state index in [9.17, 15) is 9.90 Å². The van der Waals surface area contributed by atoms with Gasteiger partial charge < -0.3 is 25.1 Å². The summed E-state index contributed by atoms with van der Waals surface area (Å²) in [7, 11) is 1.47. The molecule has 0 aliphatic rings. The standard InChI is InChI=1S/C13H17NO5/c1-3-6-18-13(16)10(15)8-19-11-5-4-9(14)7-12(11)17-2/h3-5,7,10,15H,1,6,8,14H2,2H3. The molecule has 1 rings (SSSR count). The minimum atomic E-state index is -1.37. The fourth-order valence-corrected chi connectivity index (χ4v) is 1.28. The Morgan fingerprint density at radius 3 is 2.89 bits per heavy atom. The molecule has 6 nitrogen and oxygen atoms in total. The molecular formula is C13H17NO5. The van der Waals surface area contributed by atoms with Gasteiger partial charge in [-0.05, 0) is 12.1 Å². The molecule has 0 aromatic heterocycles. The molecule has 0 heterocycles. The zero-order valence-electron chi connectivity index (χ0n) is 10.7. The SMILES string of the molecule is C=CCOC(=O)C(O)COc1ccc(N)cc1OC. The highest BCUT2D eigenvalue weighted by Crippen LogP contribution is 2.28. The van der Waals surface area contributed by atoms with Crippen LogP contribution in [0.4, 0.5) is 5.69 Å². The van der Waals surface area contributed by atoms with E-state index in [0.717, 1.165) is 0 Å². The van der Waals surface area contributed by atoms with Crippen molar-refractivity contribution in [1.29, 1.82) is 0 Å². The molecular weight excluding hydrogens is 250 g/mol. The van der Waals surface area contributed by atoms with E-state index in [1.54, 1.807) is 18.2 Å². The molecule has 0 saturated carbocycles. The zero-order valence-corrected chi connectivity index (χ0v) is 10.7. The number of methoxy groups -OCH3 is 1. The van der Waals surface area contributed by atoms with Crippen LogP contribution in [0.3, 0.4) is 0 Å². The number of aliphatic hydroxyl groups excluding tert-OH is 1. The van der Waals surface area contributed by atoms with E-state index in [0.29, 0.717) is 17.2 Å². The first-order valence-corrected chi connectivity index (χ1v) is 5.60. The van der Waals surface area contributed by atoms with E-state index in [-0.39, 0.29) is 13.2 Å². The van der Waals surface area contributed by atoms with E-state index in [4.69, 9.17) is 15.2 Å². The van der Waals surface area contributed by atoms with Crippen LogP contribution in [0.5, 0.6) is 11.5 Å². The fraction of sp³-hybridized carbons (Fsp3) is 0.308. The number of anilines is 1. The van der Waals surface area contributed by atoms with Crippen molar-refractivity contribution in [2.75, 3.05) is 26.1 Å². The second-order valence-corrected chi connectivity index (χ2v) is 3.66. The quantitative estimate of drug-likeness (QED) is 0.430. The highest BCUT2D eigenvalue weighted by Gasteiger charge is 2.18. The molecule has 0 aliphatic heterocycles. The Bertz CT molecular complexity index is 447. The lowest BCUT2D eigenvalue weighted by atomic mass is 10.3. The molecule has 3 N–H and O–H groups in total. The highest BCUT2D eigenvalue weighted by molar-refractivity contribution is 5.74. The average molecular weight is 267 g/mol. The number of esters is 1. The van der Waals surface area contributed by atoms with Gasteiger partial charge in [0.25, 0.3) is 0 Å². The summed E-state index contributed by atoms with van der Waals surface area (Å²) in [6.07, 6.45) is 0.0382. The number of benzene rings is 1. The predicted octanol–water partition coefficient (Wildman–Crippen LogP) is 0.746. The molecule has 1 aromatic carbocycles. The van der Waals surface area contributed by atoms with Crippen LogP contribution in [0.25, 0.3) is 0 Å². The third kappa shape index (κ3) is 4.51. The summed E-state index contributed by atoms with van der Waals surface area (Å²) in [5.41, 5.74) is 6.12. The van der Waals surface area contributed by atoms with Gasteiger partial charge in [-0.1, -0.05) is 12.7 Å². The molecule has 0 radical (unpaired) electrons. The first-order chi connectivity index (χ1) is 9.08. The van der Waals surface area contributed by atoms with Crippen molar-refractivity contribution in [3.8, 4) is 11.5 Å². The van der Waals surface area contributed by atoms with Crippen LogP contribution in [0.1, 0.15) is 0 Å². The van der Waals surface area contributed by atoms with Gasteiger partial charge in [0.2, 0.25) is 0 Å². The Morgan fingerprint density at radius 2 is 2.26 bits per heavy atom. The van der Waals surface area contributed by atoms with Gasteiger partial charge in [-0.2, -0.15) is 0 Å². The summed E-state index contributed by atoms with van der Waals surface area (Å²) in [5, 5.41) is 9.52. The molecule has 0 spiro atoms. The van der Waals surface area contributed by atoms with Crippen LogP contribution in [-0.2, 0) is 9.53 Å². The molecule has 104 valence electrons. The average Bonchev–Trinajstić information content (AvgIpc) is 2.42. The lowest BCUT2D eigenvalue weighted by Gasteiger charge is -2.14. The Balaban J connectivity index is 2.56. The second-order valence-electron chi connectivity index (χ2n) is 3.66. The van der Waals surface area contributed by atoms with Gasteiger partial charge >= 0.3 is 5.97 Å². The van der Waals surface area contributed by atoms with E-state index < -0.39 is 12.1 Å². The smallest absolute Gasteiger partial charge is 0.338 e. The molecule has 6 heteroatoms.